The van der Waals surface area contributed by atoms with E-state index in [2.05, 4.69) is 5.10 Å². The minimum absolute atomic E-state index is 0.0890. The largest absolute Gasteiger partial charge is 0.465 e. The Morgan fingerprint density at radius 3 is 2.24 bits per heavy atom. The molecule has 0 unspecified atom stereocenters. The molecule has 3 heterocycles. The van der Waals surface area contributed by atoms with Crippen LogP contribution in [0.25, 0.3) is 0 Å². The van der Waals surface area contributed by atoms with Crippen molar-refractivity contribution < 1.29 is 27.2 Å². The van der Waals surface area contributed by atoms with Crippen LogP contribution in [0.2, 0.25) is 0 Å². The third-order valence-corrected chi connectivity index (χ3v) is 6.99. The van der Waals surface area contributed by atoms with Crippen LogP contribution in [0.3, 0.4) is 0 Å². The molecule has 3 rings (SSSR count). The number of aromatic nitrogens is 2. The molecule has 1 aliphatic rings. The van der Waals surface area contributed by atoms with E-state index >= 15 is 0 Å². The summed E-state index contributed by atoms with van der Waals surface area (Å²) in [6, 6.07) is 1.70. The zero-order valence-electron chi connectivity index (χ0n) is 17.1. The summed E-state index contributed by atoms with van der Waals surface area (Å²) in [5.41, 5.74) is 1.10. The van der Waals surface area contributed by atoms with Gasteiger partial charge in [0.15, 0.2) is 0 Å². The maximum Gasteiger partial charge on any atom is 0.342 e. The van der Waals surface area contributed by atoms with Gasteiger partial charge in [0.05, 0.1) is 12.8 Å². The Morgan fingerprint density at radius 1 is 1.10 bits per heavy atom. The highest BCUT2D eigenvalue weighted by Gasteiger charge is 2.38. The molecule has 0 atom stereocenters. The molecule has 29 heavy (non-hydrogen) atoms. The number of carbonyl (C=O) groups excluding carboxylic acids is 2. The summed E-state index contributed by atoms with van der Waals surface area (Å²) in [5.74, 6) is -0.644. The first-order valence-electron chi connectivity index (χ1n) is 9.06. The van der Waals surface area contributed by atoms with Gasteiger partial charge >= 0.3 is 5.97 Å². The number of hydrogen-bond acceptors (Lipinski definition) is 7. The van der Waals surface area contributed by atoms with Crippen molar-refractivity contribution in [1.82, 2.24) is 19.0 Å². The summed E-state index contributed by atoms with van der Waals surface area (Å²) in [7, 11) is -1.11. The topological polar surface area (TPSA) is 115 Å². The van der Waals surface area contributed by atoms with Gasteiger partial charge in [-0.3, -0.25) is 9.48 Å². The van der Waals surface area contributed by atoms with Crippen LogP contribution in [-0.2, 0) is 21.8 Å². The summed E-state index contributed by atoms with van der Waals surface area (Å²) >= 11 is 0. The number of furan rings is 1. The molecule has 1 fully saturated rings. The Balaban J connectivity index is 1.81. The van der Waals surface area contributed by atoms with Crippen molar-refractivity contribution in [3.05, 3.63) is 34.5 Å². The Kier molecular flexibility index (Phi) is 5.54. The molecular formula is C18H24N4O6S. The van der Waals surface area contributed by atoms with Gasteiger partial charge in [-0.05, 0) is 26.8 Å². The van der Waals surface area contributed by atoms with E-state index in [-0.39, 0.29) is 54.1 Å². The number of ether oxygens (including phenoxy) is 1. The minimum atomic E-state index is -3.99. The van der Waals surface area contributed by atoms with Gasteiger partial charge in [-0.25, -0.2) is 13.2 Å². The number of sulfonamides is 1. The molecule has 10 nitrogen and oxygen atoms in total. The molecule has 0 bridgehead atoms. The normalized spacial score (nSPS) is 15.6. The molecule has 2 aromatic heterocycles. The first-order chi connectivity index (χ1) is 13.6. The zero-order chi connectivity index (χ0) is 21.5. The summed E-state index contributed by atoms with van der Waals surface area (Å²) in [4.78, 5) is 26.2. The van der Waals surface area contributed by atoms with E-state index in [1.54, 1.807) is 24.9 Å². The van der Waals surface area contributed by atoms with Crippen molar-refractivity contribution in [3.8, 4) is 0 Å². The van der Waals surface area contributed by atoms with E-state index in [1.165, 1.54) is 29.9 Å². The number of nitrogens with zero attached hydrogens (tertiary/aromatic N) is 4. The van der Waals surface area contributed by atoms with E-state index in [9.17, 15) is 18.0 Å². The predicted octanol–water partition coefficient (Wildman–Crippen LogP) is 0.872. The Labute approximate surface area is 169 Å². The second-order valence-electron chi connectivity index (χ2n) is 6.90. The first-order valence-corrected chi connectivity index (χ1v) is 10.5. The van der Waals surface area contributed by atoms with Gasteiger partial charge in [0.25, 0.3) is 5.91 Å². The number of esters is 1. The molecule has 0 aromatic carbocycles. The van der Waals surface area contributed by atoms with E-state index in [0.717, 1.165) is 5.69 Å². The maximum absolute atomic E-state index is 13.2. The third-order valence-electron chi connectivity index (χ3n) is 4.94. The number of hydrogen-bond donors (Lipinski definition) is 0. The summed E-state index contributed by atoms with van der Waals surface area (Å²) in [6.07, 6.45) is 0. The number of rotatable bonds is 4. The van der Waals surface area contributed by atoms with Gasteiger partial charge in [-0.2, -0.15) is 9.40 Å². The minimum Gasteiger partial charge on any atom is -0.465 e. The highest BCUT2D eigenvalue weighted by atomic mass is 32.2. The van der Waals surface area contributed by atoms with Crippen molar-refractivity contribution in [2.75, 3.05) is 33.3 Å². The van der Waals surface area contributed by atoms with Crippen molar-refractivity contribution in [3.63, 3.8) is 0 Å². The maximum atomic E-state index is 13.2. The molecule has 0 saturated carbocycles. The summed E-state index contributed by atoms with van der Waals surface area (Å²) in [6.45, 7) is 5.48. The van der Waals surface area contributed by atoms with E-state index in [4.69, 9.17) is 9.15 Å². The molecule has 1 aliphatic heterocycles. The summed E-state index contributed by atoms with van der Waals surface area (Å²) < 4.78 is 39.3. The lowest BCUT2D eigenvalue weighted by Gasteiger charge is -2.33. The van der Waals surface area contributed by atoms with Crippen LogP contribution in [0.1, 0.15) is 38.1 Å². The fourth-order valence-corrected chi connectivity index (χ4v) is 5.34. The van der Waals surface area contributed by atoms with Crippen molar-refractivity contribution in [1.29, 1.82) is 0 Å². The lowest BCUT2D eigenvalue weighted by atomic mass is 10.2. The van der Waals surface area contributed by atoms with E-state index < -0.39 is 16.0 Å². The van der Waals surface area contributed by atoms with Crippen LogP contribution in [-0.4, -0.2) is 72.6 Å². The van der Waals surface area contributed by atoms with Crippen molar-refractivity contribution >= 4 is 21.9 Å². The summed E-state index contributed by atoms with van der Waals surface area (Å²) in [5, 5.41) is 4.18. The molecule has 1 saturated heterocycles. The fourth-order valence-electron chi connectivity index (χ4n) is 3.55. The highest BCUT2D eigenvalue weighted by molar-refractivity contribution is 7.89. The fraction of sp³-hybridized carbons (Fsp3) is 0.500. The number of carbonyl (C=O) groups is 2. The second-order valence-corrected chi connectivity index (χ2v) is 8.78. The standard InChI is InChI=1S/C18H24N4O6S/c1-11-10-14(20(4)19-11)17(23)21-6-8-22(9-7-21)29(25,26)16-13(3)28-12(2)15(16)18(24)27-5/h10H,6-9H2,1-5H3. The number of aryl methyl sites for hydroxylation is 4. The molecule has 1 amide bonds. The molecule has 0 N–H and O–H groups in total. The predicted molar refractivity (Wildman–Crippen MR) is 102 cm³/mol. The van der Waals surface area contributed by atoms with Crippen LogP contribution in [0.4, 0.5) is 0 Å². The van der Waals surface area contributed by atoms with Crippen molar-refractivity contribution in [2.45, 2.75) is 25.7 Å². The monoisotopic (exact) mass is 424 g/mol. The first kappa shape index (κ1) is 21.1. The molecule has 11 heteroatoms. The van der Waals surface area contributed by atoms with E-state index in [0.29, 0.717) is 5.69 Å². The average molecular weight is 424 g/mol. The van der Waals surface area contributed by atoms with Gasteiger partial charge in [0, 0.05) is 33.2 Å². The molecule has 2 aromatic rings. The van der Waals surface area contributed by atoms with Crippen LogP contribution >= 0.6 is 0 Å². The van der Waals surface area contributed by atoms with E-state index in [1.807, 2.05) is 0 Å². The van der Waals surface area contributed by atoms with Gasteiger partial charge in [0.2, 0.25) is 10.0 Å². The Hall–Kier alpha value is -2.66. The number of amides is 1. The SMILES string of the molecule is COC(=O)c1c(C)oc(C)c1S(=O)(=O)N1CCN(C(=O)c2cc(C)nn2C)CC1. The van der Waals surface area contributed by atoms with Crippen LogP contribution < -0.4 is 0 Å². The molecule has 0 aliphatic carbocycles. The molecular weight excluding hydrogens is 400 g/mol. The molecule has 0 radical (unpaired) electrons. The lowest BCUT2D eigenvalue weighted by molar-refractivity contribution is 0.0594. The number of piperazine rings is 1. The third kappa shape index (κ3) is 3.67. The Morgan fingerprint density at radius 2 is 1.72 bits per heavy atom. The van der Waals surface area contributed by atoms with Crippen LogP contribution in [0.15, 0.2) is 15.4 Å². The zero-order valence-corrected chi connectivity index (χ0v) is 17.9. The lowest BCUT2D eigenvalue weighted by Crippen LogP contribution is -2.51. The molecule has 0 spiro atoms. The van der Waals surface area contributed by atoms with Crippen LogP contribution in [0, 0.1) is 20.8 Å². The van der Waals surface area contributed by atoms with Crippen molar-refractivity contribution in [2.24, 2.45) is 7.05 Å². The molecule has 158 valence electrons. The van der Waals surface area contributed by atoms with Crippen LogP contribution in [0.5, 0.6) is 0 Å². The van der Waals surface area contributed by atoms with Gasteiger partial charge < -0.3 is 14.1 Å². The van der Waals surface area contributed by atoms with Gasteiger partial charge in [-0.1, -0.05) is 0 Å². The van der Waals surface area contributed by atoms with Gasteiger partial charge in [-0.15, -0.1) is 0 Å². The number of methoxy groups -OCH3 is 1. The second kappa shape index (κ2) is 7.64. The Bertz CT molecular complexity index is 1060. The highest BCUT2D eigenvalue weighted by Crippen LogP contribution is 2.30. The average Bonchev–Trinajstić information content (AvgIpc) is 3.18. The smallest absolute Gasteiger partial charge is 0.342 e. The van der Waals surface area contributed by atoms with Gasteiger partial charge in [0.1, 0.15) is 27.7 Å². The quantitative estimate of drug-likeness (QED) is 0.669.